The number of benzene rings is 1. The molecule has 1 amide bonds. The summed E-state index contributed by atoms with van der Waals surface area (Å²) >= 11 is 3.42. The third kappa shape index (κ3) is 2.46. The van der Waals surface area contributed by atoms with E-state index in [9.17, 15) is 4.79 Å². The number of rotatable bonds is 2. The van der Waals surface area contributed by atoms with Gasteiger partial charge < -0.3 is 4.90 Å². The normalized spacial score (nSPS) is 18.6. The van der Waals surface area contributed by atoms with Gasteiger partial charge in [-0.2, -0.15) is 0 Å². The summed E-state index contributed by atoms with van der Waals surface area (Å²) in [5.74, 6) is 0.293. The molecule has 1 aliphatic heterocycles. The highest BCUT2D eigenvalue weighted by atomic mass is 79.9. The number of nitrogens with zero attached hydrogens (tertiary/aromatic N) is 1. The van der Waals surface area contributed by atoms with Crippen LogP contribution in [0.2, 0.25) is 0 Å². The first kappa shape index (κ1) is 11.6. The maximum atomic E-state index is 11.8. The fourth-order valence-corrected chi connectivity index (χ4v) is 2.42. The molecular weight excluding hydrogens is 266 g/mol. The van der Waals surface area contributed by atoms with Crippen LogP contribution in [0.25, 0.3) is 0 Å². The number of amides is 1. The summed E-state index contributed by atoms with van der Waals surface area (Å²) in [7, 11) is 0. The SMILES string of the molecule is CC(c1ccc(Br)cc1)N1CCCCC1=O. The lowest BCUT2D eigenvalue weighted by molar-refractivity contribution is -0.135. The van der Waals surface area contributed by atoms with Crippen LogP contribution in [0, 0.1) is 0 Å². The molecule has 0 bridgehead atoms. The number of halogens is 1. The van der Waals surface area contributed by atoms with Crippen LogP contribution in [0.1, 0.15) is 37.8 Å². The topological polar surface area (TPSA) is 20.3 Å². The van der Waals surface area contributed by atoms with Gasteiger partial charge >= 0.3 is 0 Å². The average molecular weight is 282 g/mol. The van der Waals surface area contributed by atoms with Crippen molar-refractivity contribution in [3.63, 3.8) is 0 Å². The highest BCUT2D eigenvalue weighted by Crippen LogP contribution is 2.25. The minimum atomic E-state index is 0.195. The van der Waals surface area contributed by atoms with Crippen molar-refractivity contribution in [2.75, 3.05) is 6.54 Å². The highest BCUT2D eigenvalue weighted by Gasteiger charge is 2.23. The van der Waals surface area contributed by atoms with Crippen LogP contribution in [0.3, 0.4) is 0 Å². The molecule has 1 aromatic rings. The Morgan fingerprint density at radius 1 is 1.25 bits per heavy atom. The Balaban J connectivity index is 2.14. The van der Waals surface area contributed by atoms with Crippen LogP contribution in [-0.2, 0) is 4.79 Å². The molecule has 86 valence electrons. The van der Waals surface area contributed by atoms with Crippen LogP contribution in [-0.4, -0.2) is 17.4 Å². The number of hydrogen-bond acceptors (Lipinski definition) is 1. The van der Waals surface area contributed by atoms with Crippen molar-refractivity contribution < 1.29 is 4.79 Å². The minimum absolute atomic E-state index is 0.195. The van der Waals surface area contributed by atoms with E-state index >= 15 is 0 Å². The van der Waals surface area contributed by atoms with Gasteiger partial charge in [0.25, 0.3) is 0 Å². The van der Waals surface area contributed by atoms with Gasteiger partial charge in [0.05, 0.1) is 6.04 Å². The van der Waals surface area contributed by atoms with E-state index in [0.29, 0.717) is 12.3 Å². The van der Waals surface area contributed by atoms with Gasteiger partial charge in [0.15, 0.2) is 0 Å². The number of carbonyl (C=O) groups excluding carboxylic acids is 1. The molecule has 16 heavy (non-hydrogen) atoms. The number of likely N-dealkylation sites (tertiary alicyclic amines) is 1. The minimum Gasteiger partial charge on any atom is -0.336 e. The second kappa shape index (κ2) is 5.00. The zero-order valence-corrected chi connectivity index (χ0v) is 11.0. The van der Waals surface area contributed by atoms with Crippen molar-refractivity contribution in [1.82, 2.24) is 4.90 Å². The van der Waals surface area contributed by atoms with Crippen LogP contribution < -0.4 is 0 Å². The van der Waals surface area contributed by atoms with Gasteiger partial charge in [-0.15, -0.1) is 0 Å². The van der Waals surface area contributed by atoms with Gasteiger partial charge in [0, 0.05) is 17.4 Å². The smallest absolute Gasteiger partial charge is 0.223 e. The van der Waals surface area contributed by atoms with Gasteiger partial charge in [0.2, 0.25) is 5.91 Å². The monoisotopic (exact) mass is 281 g/mol. The predicted octanol–water partition coefficient (Wildman–Crippen LogP) is 3.52. The molecule has 1 fully saturated rings. The van der Waals surface area contributed by atoms with Gasteiger partial charge in [-0.05, 0) is 37.5 Å². The van der Waals surface area contributed by atoms with Crippen molar-refractivity contribution >= 4 is 21.8 Å². The molecule has 0 spiro atoms. The second-order valence-corrected chi connectivity index (χ2v) is 5.19. The summed E-state index contributed by atoms with van der Waals surface area (Å²) in [5.41, 5.74) is 1.21. The van der Waals surface area contributed by atoms with E-state index in [2.05, 4.69) is 35.0 Å². The molecule has 2 nitrogen and oxygen atoms in total. The molecule has 0 saturated carbocycles. The fourth-order valence-electron chi connectivity index (χ4n) is 2.16. The molecule has 0 N–H and O–H groups in total. The Kier molecular flexibility index (Phi) is 3.64. The largest absolute Gasteiger partial charge is 0.336 e. The molecule has 0 aliphatic carbocycles. The lowest BCUT2D eigenvalue weighted by Gasteiger charge is -2.32. The van der Waals surface area contributed by atoms with E-state index in [1.54, 1.807) is 0 Å². The van der Waals surface area contributed by atoms with E-state index in [4.69, 9.17) is 0 Å². The second-order valence-electron chi connectivity index (χ2n) is 4.27. The molecule has 1 unspecified atom stereocenters. The number of carbonyl (C=O) groups is 1. The van der Waals surface area contributed by atoms with E-state index in [-0.39, 0.29) is 6.04 Å². The van der Waals surface area contributed by atoms with E-state index in [0.717, 1.165) is 23.9 Å². The van der Waals surface area contributed by atoms with Crippen LogP contribution >= 0.6 is 15.9 Å². The van der Waals surface area contributed by atoms with Gasteiger partial charge in [0.1, 0.15) is 0 Å². The van der Waals surface area contributed by atoms with E-state index in [1.807, 2.05) is 17.0 Å². The Hall–Kier alpha value is -0.830. The Morgan fingerprint density at radius 2 is 1.94 bits per heavy atom. The van der Waals surface area contributed by atoms with Crippen LogP contribution in [0.5, 0.6) is 0 Å². The predicted molar refractivity (Wildman–Crippen MR) is 68.1 cm³/mol. The van der Waals surface area contributed by atoms with E-state index in [1.165, 1.54) is 5.56 Å². The van der Waals surface area contributed by atoms with Crippen LogP contribution in [0.15, 0.2) is 28.7 Å². The first-order valence-corrected chi connectivity index (χ1v) is 6.53. The maximum absolute atomic E-state index is 11.8. The first-order valence-electron chi connectivity index (χ1n) is 5.73. The molecular formula is C13H16BrNO. The Bertz CT molecular complexity index is 374. The number of hydrogen-bond donors (Lipinski definition) is 0. The Morgan fingerprint density at radius 3 is 2.56 bits per heavy atom. The molecule has 1 aliphatic rings. The molecule has 0 aromatic heterocycles. The molecule has 1 heterocycles. The molecule has 1 atom stereocenters. The van der Waals surface area contributed by atoms with E-state index < -0.39 is 0 Å². The number of piperidine rings is 1. The van der Waals surface area contributed by atoms with Crippen molar-refractivity contribution in [3.05, 3.63) is 34.3 Å². The molecule has 0 radical (unpaired) electrons. The molecule has 1 aromatic carbocycles. The van der Waals surface area contributed by atoms with Crippen molar-refractivity contribution in [1.29, 1.82) is 0 Å². The standard InChI is InChI=1S/C13H16BrNO/c1-10(11-5-7-12(14)8-6-11)15-9-3-2-4-13(15)16/h5-8,10H,2-4,9H2,1H3. The lowest BCUT2D eigenvalue weighted by atomic mass is 10.0. The Labute approximate surface area is 105 Å². The van der Waals surface area contributed by atoms with Crippen LogP contribution in [0.4, 0.5) is 0 Å². The van der Waals surface area contributed by atoms with Gasteiger partial charge in [-0.3, -0.25) is 4.79 Å². The van der Waals surface area contributed by atoms with Crippen molar-refractivity contribution in [2.45, 2.75) is 32.2 Å². The lowest BCUT2D eigenvalue weighted by Crippen LogP contribution is -2.37. The molecule has 1 saturated heterocycles. The summed E-state index contributed by atoms with van der Waals surface area (Å²) in [6, 6.07) is 8.41. The van der Waals surface area contributed by atoms with Gasteiger partial charge in [-0.25, -0.2) is 0 Å². The molecule has 3 heteroatoms. The third-order valence-corrected chi connectivity index (χ3v) is 3.71. The summed E-state index contributed by atoms with van der Waals surface area (Å²) < 4.78 is 1.08. The summed E-state index contributed by atoms with van der Waals surface area (Å²) in [5, 5.41) is 0. The summed E-state index contributed by atoms with van der Waals surface area (Å²) in [6.07, 6.45) is 2.88. The summed E-state index contributed by atoms with van der Waals surface area (Å²) in [4.78, 5) is 13.8. The highest BCUT2D eigenvalue weighted by molar-refractivity contribution is 9.10. The quantitative estimate of drug-likeness (QED) is 0.812. The average Bonchev–Trinajstić information content (AvgIpc) is 2.30. The summed E-state index contributed by atoms with van der Waals surface area (Å²) in [6.45, 7) is 3.00. The molecule has 2 rings (SSSR count). The first-order chi connectivity index (χ1) is 7.68. The van der Waals surface area contributed by atoms with Gasteiger partial charge in [-0.1, -0.05) is 28.1 Å². The zero-order valence-electron chi connectivity index (χ0n) is 9.45. The third-order valence-electron chi connectivity index (χ3n) is 3.18. The zero-order chi connectivity index (χ0) is 11.5. The van der Waals surface area contributed by atoms with Crippen molar-refractivity contribution in [2.24, 2.45) is 0 Å². The van der Waals surface area contributed by atoms with Crippen molar-refractivity contribution in [3.8, 4) is 0 Å². The maximum Gasteiger partial charge on any atom is 0.223 e. The fraction of sp³-hybridized carbons (Fsp3) is 0.462.